The Balaban J connectivity index is 1.60. The molecule has 1 amide bonds. The molecule has 0 radical (unpaired) electrons. The first-order valence-corrected chi connectivity index (χ1v) is 7.90. The summed E-state index contributed by atoms with van der Waals surface area (Å²) < 4.78 is 0. The van der Waals surface area contributed by atoms with Crippen LogP contribution in [0.4, 0.5) is 0 Å². The normalized spacial score (nSPS) is 15.6. The van der Waals surface area contributed by atoms with Crippen LogP contribution in [0, 0.1) is 0 Å². The molecule has 1 aliphatic rings. The maximum atomic E-state index is 12.5. The van der Waals surface area contributed by atoms with E-state index < -0.39 is 0 Å². The predicted octanol–water partition coefficient (Wildman–Crippen LogP) is 2.40. The first-order chi connectivity index (χ1) is 11.1. The van der Waals surface area contributed by atoms with Gasteiger partial charge in [0, 0.05) is 50.1 Å². The lowest BCUT2D eigenvalue weighted by atomic mass is 10.1. The number of carbonyl (C=O) groups is 1. The second-order valence-electron chi connectivity index (χ2n) is 5.59. The number of carbonyl (C=O) groups excluding carboxylic acids is 1. The van der Waals surface area contributed by atoms with Crippen molar-refractivity contribution in [1.82, 2.24) is 14.8 Å². The molecule has 0 atom stereocenters. The van der Waals surface area contributed by atoms with Gasteiger partial charge in [-0.05, 0) is 35.9 Å². The van der Waals surface area contributed by atoms with Crippen LogP contribution in [0.25, 0.3) is 0 Å². The van der Waals surface area contributed by atoms with Gasteiger partial charge in [-0.15, -0.1) is 0 Å². The van der Waals surface area contributed by atoms with Crippen molar-refractivity contribution < 1.29 is 9.90 Å². The first kappa shape index (κ1) is 15.8. The van der Waals surface area contributed by atoms with Crippen LogP contribution in [-0.4, -0.2) is 52.0 Å². The zero-order chi connectivity index (χ0) is 16.2. The minimum atomic E-state index is -0.173. The molecule has 0 spiro atoms. The Morgan fingerprint density at radius 2 is 1.83 bits per heavy atom. The largest absolute Gasteiger partial charge is 0.507 e. The summed E-state index contributed by atoms with van der Waals surface area (Å²) in [5.41, 5.74) is 1.48. The van der Waals surface area contributed by atoms with E-state index in [1.54, 1.807) is 23.4 Å². The van der Waals surface area contributed by atoms with Crippen LogP contribution in [0.1, 0.15) is 15.9 Å². The summed E-state index contributed by atoms with van der Waals surface area (Å²) in [6.45, 7) is 3.73. The molecule has 0 unspecified atom stereocenters. The monoisotopic (exact) mass is 331 g/mol. The van der Waals surface area contributed by atoms with Crippen LogP contribution in [0.2, 0.25) is 5.02 Å². The Bertz CT molecular complexity index is 685. The van der Waals surface area contributed by atoms with Crippen LogP contribution in [0.5, 0.6) is 5.75 Å². The van der Waals surface area contributed by atoms with Gasteiger partial charge in [0.15, 0.2) is 0 Å². The van der Waals surface area contributed by atoms with E-state index in [0.29, 0.717) is 18.1 Å². The van der Waals surface area contributed by atoms with Crippen molar-refractivity contribution in [2.45, 2.75) is 6.54 Å². The maximum Gasteiger partial charge on any atom is 0.257 e. The van der Waals surface area contributed by atoms with Crippen LogP contribution in [-0.2, 0) is 6.54 Å². The van der Waals surface area contributed by atoms with Gasteiger partial charge in [-0.25, -0.2) is 0 Å². The number of aromatic hydroxyl groups is 1. The molecule has 5 nitrogen and oxygen atoms in total. The number of amides is 1. The number of rotatable bonds is 3. The molecule has 0 saturated carbocycles. The molecule has 2 aromatic rings. The molecule has 1 aliphatic heterocycles. The molecular weight excluding hydrogens is 314 g/mol. The lowest BCUT2D eigenvalue weighted by Crippen LogP contribution is -2.48. The van der Waals surface area contributed by atoms with Gasteiger partial charge in [-0.1, -0.05) is 11.6 Å². The van der Waals surface area contributed by atoms with Gasteiger partial charge in [-0.2, -0.15) is 0 Å². The number of phenolic OH excluding ortho intramolecular Hbond substituents is 1. The topological polar surface area (TPSA) is 56.7 Å². The molecule has 1 N–H and O–H groups in total. The summed E-state index contributed by atoms with van der Waals surface area (Å²) in [4.78, 5) is 20.6. The Morgan fingerprint density at radius 1 is 1.13 bits per heavy atom. The van der Waals surface area contributed by atoms with E-state index in [1.165, 1.54) is 17.7 Å². The SMILES string of the molecule is O=C(c1cc(Cl)ccc1O)N1CCN(Cc2ccncc2)CC1. The third kappa shape index (κ3) is 3.81. The van der Waals surface area contributed by atoms with Crippen molar-refractivity contribution in [3.05, 3.63) is 58.9 Å². The second kappa shape index (κ2) is 6.98. The minimum Gasteiger partial charge on any atom is -0.507 e. The number of piperazine rings is 1. The number of hydrogen-bond donors (Lipinski definition) is 1. The molecule has 23 heavy (non-hydrogen) atoms. The lowest BCUT2D eigenvalue weighted by Gasteiger charge is -2.34. The van der Waals surface area contributed by atoms with E-state index in [4.69, 9.17) is 11.6 Å². The molecule has 1 aromatic heterocycles. The molecule has 1 fully saturated rings. The number of phenols is 1. The highest BCUT2D eigenvalue weighted by Gasteiger charge is 2.24. The van der Waals surface area contributed by atoms with Crippen molar-refractivity contribution in [1.29, 1.82) is 0 Å². The Morgan fingerprint density at radius 3 is 2.52 bits per heavy atom. The Kier molecular flexibility index (Phi) is 4.79. The minimum absolute atomic E-state index is 0.0291. The third-order valence-electron chi connectivity index (χ3n) is 4.00. The Labute approximate surface area is 140 Å². The van der Waals surface area contributed by atoms with Crippen molar-refractivity contribution in [3.63, 3.8) is 0 Å². The summed E-state index contributed by atoms with van der Waals surface area (Å²) >= 11 is 5.92. The number of halogens is 1. The number of hydrogen-bond acceptors (Lipinski definition) is 4. The summed E-state index contributed by atoms with van der Waals surface area (Å²) in [6, 6.07) is 8.54. The average molecular weight is 332 g/mol. The first-order valence-electron chi connectivity index (χ1n) is 7.52. The predicted molar refractivity (Wildman–Crippen MR) is 88.5 cm³/mol. The third-order valence-corrected chi connectivity index (χ3v) is 4.24. The van der Waals surface area contributed by atoms with Crippen LogP contribution in [0.3, 0.4) is 0 Å². The van der Waals surface area contributed by atoms with Gasteiger partial charge < -0.3 is 10.0 Å². The Hall–Kier alpha value is -2.11. The van der Waals surface area contributed by atoms with Crippen LogP contribution >= 0.6 is 11.6 Å². The van der Waals surface area contributed by atoms with Crippen LogP contribution in [0.15, 0.2) is 42.7 Å². The summed E-state index contributed by atoms with van der Waals surface area (Å²) in [5.74, 6) is -0.202. The maximum absolute atomic E-state index is 12.5. The summed E-state index contributed by atoms with van der Waals surface area (Å²) in [6.07, 6.45) is 3.58. The molecule has 0 aliphatic carbocycles. The molecule has 0 bridgehead atoms. The molecule has 3 rings (SSSR count). The fourth-order valence-corrected chi connectivity index (χ4v) is 2.88. The molecule has 1 saturated heterocycles. The molecular formula is C17H18ClN3O2. The lowest BCUT2D eigenvalue weighted by molar-refractivity contribution is 0.0625. The van der Waals surface area contributed by atoms with Gasteiger partial charge in [0.05, 0.1) is 5.56 Å². The van der Waals surface area contributed by atoms with Gasteiger partial charge in [0.2, 0.25) is 0 Å². The highest BCUT2D eigenvalue weighted by atomic mass is 35.5. The highest BCUT2D eigenvalue weighted by Crippen LogP contribution is 2.23. The number of pyridine rings is 1. The van der Waals surface area contributed by atoms with E-state index in [1.807, 2.05) is 12.1 Å². The van der Waals surface area contributed by atoms with E-state index in [9.17, 15) is 9.90 Å². The zero-order valence-corrected chi connectivity index (χ0v) is 13.4. The zero-order valence-electron chi connectivity index (χ0n) is 12.7. The summed E-state index contributed by atoms with van der Waals surface area (Å²) in [5, 5.41) is 10.3. The van der Waals surface area contributed by atoms with Gasteiger partial charge in [-0.3, -0.25) is 14.7 Å². The molecule has 2 heterocycles. The van der Waals surface area contributed by atoms with Crippen molar-refractivity contribution in [2.24, 2.45) is 0 Å². The number of benzene rings is 1. The highest BCUT2D eigenvalue weighted by molar-refractivity contribution is 6.31. The average Bonchev–Trinajstić information content (AvgIpc) is 2.58. The standard InChI is InChI=1S/C17H18ClN3O2/c18-14-1-2-16(22)15(11-14)17(23)21-9-7-20(8-10-21)12-13-3-5-19-6-4-13/h1-6,11,22H,7-10,12H2. The van der Waals surface area contributed by atoms with Crippen molar-refractivity contribution in [3.8, 4) is 5.75 Å². The van der Waals surface area contributed by atoms with Gasteiger partial charge in [0.25, 0.3) is 5.91 Å². The van der Waals surface area contributed by atoms with Crippen LogP contribution < -0.4 is 0 Å². The molecule has 1 aromatic carbocycles. The number of nitrogens with zero attached hydrogens (tertiary/aromatic N) is 3. The molecule has 6 heteroatoms. The smallest absolute Gasteiger partial charge is 0.257 e. The van der Waals surface area contributed by atoms with Gasteiger partial charge in [0.1, 0.15) is 5.75 Å². The molecule has 120 valence electrons. The van der Waals surface area contributed by atoms with E-state index in [2.05, 4.69) is 9.88 Å². The van der Waals surface area contributed by atoms with E-state index in [-0.39, 0.29) is 17.2 Å². The summed E-state index contributed by atoms with van der Waals surface area (Å²) in [7, 11) is 0. The van der Waals surface area contributed by atoms with E-state index in [0.717, 1.165) is 19.6 Å². The van der Waals surface area contributed by atoms with Crippen molar-refractivity contribution in [2.75, 3.05) is 26.2 Å². The van der Waals surface area contributed by atoms with Crippen molar-refractivity contribution >= 4 is 17.5 Å². The van der Waals surface area contributed by atoms with E-state index >= 15 is 0 Å². The fourth-order valence-electron chi connectivity index (χ4n) is 2.71. The second-order valence-corrected chi connectivity index (χ2v) is 6.02. The fraction of sp³-hybridized carbons (Fsp3) is 0.294. The quantitative estimate of drug-likeness (QED) is 0.938. The van der Waals surface area contributed by atoms with Gasteiger partial charge >= 0.3 is 0 Å². The number of aromatic nitrogens is 1.